The van der Waals surface area contributed by atoms with Crippen LogP contribution in [0.5, 0.6) is 0 Å². The lowest BCUT2D eigenvalue weighted by molar-refractivity contribution is 0.601. The van der Waals surface area contributed by atoms with Gasteiger partial charge in [0.25, 0.3) is 10.0 Å². The molecule has 0 saturated heterocycles. The molecule has 0 aliphatic heterocycles. The lowest BCUT2D eigenvalue weighted by Gasteiger charge is -2.11. The molecule has 20 heavy (non-hydrogen) atoms. The van der Waals surface area contributed by atoms with E-state index in [1.807, 2.05) is 6.92 Å². The van der Waals surface area contributed by atoms with Gasteiger partial charge in [0.1, 0.15) is 10.7 Å². The Morgan fingerprint density at radius 1 is 1.35 bits per heavy atom. The number of hydrogen-bond acceptors (Lipinski definition) is 4. The van der Waals surface area contributed by atoms with Crippen molar-refractivity contribution in [3.05, 3.63) is 33.9 Å². The third-order valence-electron chi connectivity index (χ3n) is 2.62. The van der Waals surface area contributed by atoms with Crippen LogP contribution in [-0.4, -0.2) is 18.6 Å². The summed E-state index contributed by atoms with van der Waals surface area (Å²) < 4.78 is 27.1. The number of aromatic amines is 1. The van der Waals surface area contributed by atoms with Gasteiger partial charge in [0.05, 0.1) is 16.2 Å². The van der Waals surface area contributed by atoms with Gasteiger partial charge in [-0.05, 0) is 18.6 Å². The number of H-pyrrole nitrogens is 1. The van der Waals surface area contributed by atoms with Crippen molar-refractivity contribution in [2.45, 2.75) is 18.2 Å². The fourth-order valence-corrected chi connectivity index (χ4v) is 3.98. The van der Waals surface area contributed by atoms with Crippen molar-refractivity contribution in [3.8, 4) is 0 Å². The van der Waals surface area contributed by atoms with Crippen molar-refractivity contribution in [3.63, 3.8) is 0 Å². The normalized spacial score (nSPS) is 11.6. The molecule has 0 aliphatic carbocycles. The van der Waals surface area contributed by atoms with Crippen molar-refractivity contribution in [2.24, 2.45) is 0 Å². The first-order chi connectivity index (χ1) is 9.35. The highest BCUT2D eigenvalue weighted by Crippen LogP contribution is 2.33. The van der Waals surface area contributed by atoms with Gasteiger partial charge >= 0.3 is 0 Å². The number of nitrogens with two attached hydrogens (primary N) is 1. The largest absolute Gasteiger partial charge is 0.399 e. The smallest absolute Gasteiger partial charge is 0.266 e. The van der Waals surface area contributed by atoms with Gasteiger partial charge in [0.15, 0.2) is 0 Å². The number of halogens is 2. The molecule has 0 radical (unpaired) electrons. The quantitative estimate of drug-likeness (QED) is 0.748. The first-order valence-corrected chi connectivity index (χ1v) is 7.88. The summed E-state index contributed by atoms with van der Waals surface area (Å²) in [6, 6.07) is 2.66. The summed E-state index contributed by atoms with van der Waals surface area (Å²) in [5.41, 5.74) is 6.57. The topological polar surface area (TPSA) is 101 Å². The number of aromatic nitrogens is 2. The number of sulfonamides is 1. The van der Waals surface area contributed by atoms with E-state index in [4.69, 9.17) is 28.9 Å². The predicted molar refractivity (Wildman–Crippen MR) is 79.6 cm³/mol. The monoisotopic (exact) mass is 334 g/mol. The predicted octanol–water partition coefficient (Wildman–Crippen LogP) is 2.66. The highest BCUT2D eigenvalue weighted by Gasteiger charge is 2.23. The molecule has 1 aromatic carbocycles. The van der Waals surface area contributed by atoms with E-state index in [1.54, 1.807) is 6.20 Å². The number of nitrogen functional groups attached to an aromatic ring is 1. The fourth-order valence-electron chi connectivity index (χ4n) is 1.69. The number of hydrogen-bond donors (Lipinski definition) is 3. The summed E-state index contributed by atoms with van der Waals surface area (Å²) in [6.07, 6.45) is 2.17. The van der Waals surface area contributed by atoms with Crippen LogP contribution in [0.15, 0.2) is 23.2 Å². The second-order valence-electron chi connectivity index (χ2n) is 4.04. The van der Waals surface area contributed by atoms with E-state index in [2.05, 4.69) is 14.9 Å². The molecule has 0 aliphatic rings. The third kappa shape index (κ3) is 2.84. The minimum atomic E-state index is -3.93. The van der Waals surface area contributed by atoms with Crippen LogP contribution in [0.25, 0.3) is 0 Å². The van der Waals surface area contributed by atoms with Gasteiger partial charge < -0.3 is 5.73 Å². The van der Waals surface area contributed by atoms with Crippen molar-refractivity contribution in [1.82, 2.24) is 10.2 Å². The summed E-state index contributed by atoms with van der Waals surface area (Å²) in [6.45, 7) is 1.88. The number of nitrogens with one attached hydrogen (secondary N) is 2. The van der Waals surface area contributed by atoms with Crippen LogP contribution in [0.1, 0.15) is 12.5 Å². The SMILES string of the molecule is CCc1cn[nH]c1NS(=O)(=O)c1c(Cl)cc(N)cc1Cl. The maximum absolute atomic E-state index is 12.4. The molecule has 0 fully saturated rings. The van der Waals surface area contributed by atoms with Gasteiger partial charge in [-0.3, -0.25) is 9.82 Å². The Balaban J connectivity index is 2.46. The molecule has 4 N–H and O–H groups in total. The van der Waals surface area contributed by atoms with Crippen LogP contribution in [0.3, 0.4) is 0 Å². The zero-order valence-corrected chi connectivity index (χ0v) is 12.8. The van der Waals surface area contributed by atoms with Gasteiger partial charge in [-0.1, -0.05) is 30.1 Å². The average Bonchev–Trinajstić information content (AvgIpc) is 2.73. The average molecular weight is 335 g/mol. The molecule has 6 nitrogen and oxygen atoms in total. The van der Waals surface area contributed by atoms with Crippen LogP contribution < -0.4 is 10.5 Å². The highest BCUT2D eigenvalue weighted by atomic mass is 35.5. The Morgan fingerprint density at radius 3 is 2.50 bits per heavy atom. The van der Waals surface area contributed by atoms with Crippen LogP contribution in [-0.2, 0) is 16.4 Å². The molecular weight excluding hydrogens is 323 g/mol. The molecule has 0 atom stereocenters. The number of aryl methyl sites for hydroxylation is 1. The second kappa shape index (κ2) is 5.51. The molecule has 0 amide bonds. The number of anilines is 2. The number of nitrogens with zero attached hydrogens (tertiary/aromatic N) is 1. The van der Waals surface area contributed by atoms with Gasteiger partial charge in [0.2, 0.25) is 0 Å². The zero-order chi connectivity index (χ0) is 14.9. The Bertz CT molecular complexity index is 720. The van der Waals surface area contributed by atoms with Crippen LogP contribution in [0.2, 0.25) is 10.0 Å². The first kappa shape index (κ1) is 15.0. The van der Waals surface area contributed by atoms with E-state index in [9.17, 15) is 8.42 Å². The lowest BCUT2D eigenvalue weighted by Crippen LogP contribution is -2.15. The van der Waals surface area contributed by atoms with E-state index in [0.29, 0.717) is 6.42 Å². The van der Waals surface area contributed by atoms with Gasteiger partial charge in [-0.25, -0.2) is 8.42 Å². The summed E-state index contributed by atoms with van der Waals surface area (Å²) in [5.74, 6) is 0.288. The van der Waals surface area contributed by atoms with Crippen molar-refractivity contribution >= 4 is 44.7 Å². The van der Waals surface area contributed by atoms with Gasteiger partial charge in [0, 0.05) is 11.3 Å². The Morgan fingerprint density at radius 2 is 1.95 bits per heavy atom. The lowest BCUT2D eigenvalue weighted by atomic mass is 10.3. The molecule has 0 saturated carbocycles. The van der Waals surface area contributed by atoms with Crippen molar-refractivity contribution in [2.75, 3.05) is 10.5 Å². The molecule has 0 spiro atoms. The van der Waals surface area contributed by atoms with Crippen LogP contribution >= 0.6 is 23.2 Å². The van der Waals surface area contributed by atoms with Crippen LogP contribution in [0.4, 0.5) is 11.5 Å². The maximum Gasteiger partial charge on any atom is 0.266 e. The highest BCUT2D eigenvalue weighted by molar-refractivity contribution is 7.93. The van der Waals surface area contributed by atoms with E-state index in [0.717, 1.165) is 5.56 Å². The second-order valence-corrected chi connectivity index (χ2v) is 6.48. The first-order valence-electron chi connectivity index (χ1n) is 5.64. The minimum Gasteiger partial charge on any atom is -0.399 e. The summed E-state index contributed by atoms with van der Waals surface area (Å²) in [5, 5.41) is 6.29. The van der Waals surface area contributed by atoms with Crippen LogP contribution in [0, 0.1) is 0 Å². The number of benzene rings is 1. The maximum atomic E-state index is 12.4. The van der Waals surface area contributed by atoms with Crippen molar-refractivity contribution < 1.29 is 8.42 Å². The molecule has 0 bridgehead atoms. The van der Waals surface area contributed by atoms with E-state index >= 15 is 0 Å². The van der Waals surface area contributed by atoms with E-state index in [1.165, 1.54) is 12.1 Å². The molecule has 108 valence electrons. The minimum absolute atomic E-state index is 0.0416. The molecule has 2 rings (SSSR count). The van der Waals surface area contributed by atoms with Crippen molar-refractivity contribution in [1.29, 1.82) is 0 Å². The van der Waals surface area contributed by atoms with Gasteiger partial charge in [-0.2, -0.15) is 5.10 Å². The van der Waals surface area contributed by atoms with Gasteiger partial charge in [-0.15, -0.1) is 0 Å². The molecule has 2 aromatic rings. The molecule has 0 unspecified atom stereocenters. The third-order valence-corrected chi connectivity index (χ3v) is 4.89. The van der Waals surface area contributed by atoms with E-state index in [-0.39, 0.29) is 26.4 Å². The summed E-state index contributed by atoms with van der Waals surface area (Å²) in [4.78, 5) is -0.216. The molecule has 1 aromatic heterocycles. The molecule has 9 heteroatoms. The standard InChI is InChI=1S/C11H12Cl2N4O2S/c1-2-6-5-15-16-11(6)17-20(18,19)10-8(12)3-7(14)4-9(10)13/h3-5H,2,14H2,1H3,(H2,15,16,17). The molecular formula is C11H12Cl2N4O2S. The zero-order valence-electron chi connectivity index (χ0n) is 10.4. The number of rotatable bonds is 4. The Hall–Kier alpha value is -1.44. The Labute approximate surface area is 126 Å². The summed E-state index contributed by atoms with van der Waals surface area (Å²) in [7, 11) is -3.93. The Kier molecular flexibility index (Phi) is 4.12. The van der Waals surface area contributed by atoms with E-state index < -0.39 is 10.0 Å². The summed E-state index contributed by atoms with van der Waals surface area (Å²) >= 11 is 11.8. The fraction of sp³-hybridized carbons (Fsp3) is 0.182. The molecule has 1 heterocycles.